The van der Waals surface area contributed by atoms with E-state index in [1.165, 1.54) is 11.8 Å². The second-order valence-electron chi connectivity index (χ2n) is 3.22. The molecule has 0 atom stereocenters. The van der Waals surface area contributed by atoms with Gasteiger partial charge in [0.15, 0.2) is 10.3 Å². The maximum absolute atomic E-state index is 7.29. The van der Waals surface area contributed by atoms with Crippen LogP contribution in [-0.4, -0.2) is 25.8 Å². The van der Waals surface area contributed by atoms with Gasteiger partial charge in [-0.15, -0.1) is 0 Å². The van der Waals surface area contributed by atoms with E-state index in [0.29, 0.717) is 16.0 Å². The molecule has 0 aliphatic carbocycles. The van der Waals surface area contributed by atoms with Crippen LogP contribution < -0.4 is 5.73 Å². The summed E-state index contributed by atoms with van der Waals surface area (Å²) in [5.41, 5.74) is 6.63. The largest absolute Gasteiger partial charge is 0.382 e. The minimum atomic E-state index is -0.0839. The average Bonchev–Trinajstić information content (AvgIpc) is 2.29. The summed E-state index contributed by atoms with van der Waals surface area (Å²) < 4.78 is 0. The number of rotatable bonds is 3. The van der Waals surface area contributed by atoms with Gasteiger partial charge in [-0.3, -0.25) is 5.41 Å². The number of nitrogen functional groups attached to an aromatic ring is 1. The normalized spacial score (nSPS) is 10.2. The first kappa shape index (κ1) is 11.5. The van der Waals surface area contributed by atoms with Crippen molar-refractivity contribution in [2.24, 2.45) is 5.73 Å². The Bertz CT molecular complexity index is 556. The molecule has 0 amide bonds. The van der Waals surface area contributed by atoms with Crippen molar-refractivity contribution in [1.29, 1.82) is 5.41 Å². The molecule has 0 aliphatic heterocycles. The van der Waals surface area contributed by atoms with Crippen LogP contribution in [0.4, 0.5) is 0 Å². The molecule has 0 saturated carbocycles. The zero-order valence-corrected chi connectivity index (χ0v) is 9.90. The predicted octanol–water partition coefficient (Wildman–Crippen LogP) is 1.01. The predicted molar refractivity (Wildman–Crippen MR) is 63.9 cm³/mol. The second kappa shape index (κ2) is 4.88. The van der Waals surface area contributed by atoms with E-state index < -0.39 is 0 Å². The number of aromatic nitrogens is 4. The molecule has 6 nitrogen and oxygen atoms in total. The van der Waals surface area contributed by atoms with Crippen molar-refractivity contribution in [2.75, 3.05) is 0 Å². The Morgan fingerprint density at radius 2 is 1.82 bits per heavy atom. The van der Waals surface area contributed by atoms with Crippen molar-refractivity contribution in [3.05, 3.63) is 35.9 Å². The van der Waals surface area contributed by atoms with Crippen molar-refractivity contribution in [2.45, 2.75) is 17.2 Å². The third-order valence-corrected chi connectivity index (χ3v) is 2.62. The summed E-state index contributed by atoms with van der Waals surface area (Å²) in [5, 5.41) is 8.34. The molecule has 86 valence electrons. The van der Waals surface area contributed by atoms with E-state index in [1.54, 1.807) is 18.5 Å². The van der Waals surface area contributed by atoms with Crippen LogP contribution in [0.15, 0.2) is 34.8 Å². The Labute approximate surface area is 102 Å². The van der Waals surface area contributed by atoms with Gasteiger partial charge in [0.25, 0.3) is 0 Å². The lowest BCUT2D eigenvalue weighted by atomic mass is 10.4. The molecule has 0 spiro atoms. The van der Waals surface area contributed by atoms with E-state index >= 15 is 0 Å². The summed E-state index contributed by atoms with van der Waals surface area (Å²) >= 11 is 1.24. The molecule has 3 N–H and O–H groups in total. The maximum atomic E-state index is 7.29. The van der Waals surface area contributed by atoms with Crippen LogP contribution in [0.1, 0.15) is 11.4 Å². The fourth-order valence-electron chi connectivity index (χ4n) is 1.10. The Morgan fingerprint density at radius 1 is 1.18 bits per heavy atom. The minimum Gasteiger partial charge on any atom is -0.382 e. The van der Waals surface area contributed by atoms with Gasteiger partial charge >= 0.3 is 0 Å². The van der Waals surface area contributed by atoms with E-state index in [2.05, 4.69) is 19.9 Å². The van der Waals surface area contributed by atoms with Crippen LogP contribution in [0.5, 0.6) is 0 Å². The summed E-state index contributed by atoms with van der Waals surface area (Å²) in [6, 6.07) is 3.40. The standard InChI is InChI=1S/C10H10N6S/c1-6-2-4-13-9(15-6)17-10-14-5-3-7(16-10)8(11)12/h2-5H,1H3,(H3,11,12). The van der Waals surface area contributed by atoms with E-state index in [9.17, 15) is 0 Å². The molecule has 0 bridgehead atoms. The fourth-order valence-corrected chi connectivity index (χ4v) is 1.82. The van der Waals surface area contributed by atoms with Crippen molar-refractivity contribution >= 4 is 17.6 Å². The molecule has 0 unspecified atom stereocenters. The molecule has 2 aromatic heterocycles. The smallest absolute Gasteiger partial charge is 0.196 e. The molecule has 0 radical (unpaired) electrons. The lowest BCUT2D eigenvalue weighted by Gasteiger charge is -2.01. The second-order valence-corrected chi connectivity index (χ2v) is 4.16. The molecule has 2 aromatic rings. The number of nitrogens with two attached hydrogens (primary N) is 1. The molecule has 17 heavy (non-hydrogen) atoms. The van der Waals surface area contributed by atoms with E-state index in [0.717, 1.165) is 5.69 Å². The SMILES string of the molecule is Cc1ccnc(Sc2nccc(C(=N)N)n2)n1. The Kier molecular flexibility index (Phi) is 3.29. The number of nitrogens with one attached hydrogen (secondary N) is 1. The number of amidine groups is 1. The van der Waals surface area contributed by atoms with Crippen molar-refractivity contribution in [3.63, 3.8) is 0 Å². The summed E-state index contributed by atoms with van der Waals surface area (Å²) in [7, 11) is 0. The lowest BCUT2D eigenvalue weighted by Crippen LogP contribution is -2.13. The summed E-state index contributed by atoms with van der Waals surface area (Å²) in [6.45, 7) is 1.89. The molecular weight excluding hydrogens is 236 g/mol. The maximum Gasteiger partial charge on any atom is 0.196 e. The van der Waals surface area contributed by atoms with Gasteiger partial charge in [-0.1, -0.05) is 0 Å². The highest BCUT2D eigenvalue weighted by atomic mass is 32.2. The van der Waals surface area contributed by atoms with Crippen LogP contribution in [-0.2, 0) is 0 Å². The highest BCUT2D eigenvalue weighted by Gasteiger charge is 2.05. The molecule has 2 heterocycles. The Morgan fingerprint density at radius 3 is 2.47 bits per heavy atom. The molecular formula is C10H10N6S. The van der Waals surface area contributed by atoms with Crippen LogP contribution in [0.3, 0.4) is 0 Å². The first-order chi connectivity index (χ1) is 8.15. The minimum absolute atomic E-state index is 0.0839. The van der Waals surface area contributed by atoms with Gasteiger partial charge in [0.2, 0.25) is 0 Å². The quantitative estimate of drug-likeness (QED) is 0.476. The van der Waals surface area contributed by atoms with E-state index in [4.69, 9.17) is 11.1 Å². The number of hydrogen-bond donors (Lipinski definition) is 2. The zero-order chi connectivity index (χ0) is 12.3. The average molecular weight is 246 g/mol. The van der Waals surface area contributed by atoms with Gasteiger partial charge in [0.05, 0.1) is 0 Å². The molecule has 0 aliphatic rings. The Balaban J connectivity index is 2.24. The van der Waals surface area contributed by atoms with Gasteiger partial charge in [-0.05, 0) is 30.8 Å². The summed E-state index contributed by atoms with van der Waals surface area (Å²) in [5.74, 6) is -0.0839. The third kappa shape index (κ3) is 2.97. The van der Waals surface area contributed by atoms with Crippen molar-refractivity contribution in [1.82, 2.24) is 19.9 Å². The van der Waals surface area contributed by atoms with Gasteiger partial charge in [0, 0.05) is 18.1 Å². The highest BCUT2D eigenvalue weighted by Crippen LogP contribution is 2.20. The number of aryl methyl sites for hydroxylation is 1. The first-order valence-corrected chi connectivity index (χ1v) is 5.62. The third-order valence-electron chi connectivity index (χ3n) is 1.86. The van der Waals surface area contributed by atoms with Crippen LogP contribution in [0, 0.1) is 12.3 Å². The summed E-state index contributed by atoms with van der Waals surface area (Å²) in [4.78, 5) is 16.5. The van der Waals surface area contributed by atoms with E-state index in [-0.39, 0.29) is 5.84 Å². The number of nitrogens with zero attached hydrogens (tertiary/aromatic N) is 4. The zero-order valence-electron chi connectivity index (χ0n) is 9.08. The monoisotopic (exact) mass is 246 g/mol. The molecule has 0 saturated heterocycles. The first-order valence-electron chi connectivity index (χ1n) is 4.80. The molecule has 0 aromatic carbocycles. The van der Waals surface area contributed by atoms with E-state index in [1.807, 2.05) is 13.0 Å². The van der Waals surface area contributed by atoms with Crippen LogP contribution >= 0.6 is 11.8 Å². The number of hydrogen-bond acceptors (Lipinski definition) is 6. The van der Waals surface area contributed by atoms with Crippen molar-refractivity contribution < 1.29 is 0 Å². The van der Waals surface area contributed by atoms with Gasteiger partial charge in [0.1, 0.15) is 11.5 Å². The van der Waals surface area contributed by atoms with Gasteiger partial charge < -0.3 is 5.73 Å². The Hall–Kier alpha value is -2.02. The molecule has 0 fully saturated rings. The fraction of sp³-hybridized carbons (Fsp3) is 0.100. The van der Waals surface area contributed by atoms with Crippen molar-refractivity contribution in [3.8, 4) is 0 Å². The van der Waals surface area contributed by atoms with Crippen LogP contribution in [0.25, 0.3) is 0 Å². The molecule has 2 rings (SSSR count). The summed E-state index contributed by atoms with van der Waals surface area (Å²) in [6.07, 6.45) is 3.24. The highest BCUT2D eigenvalue weighted by molar-refractivity contribution is 7.99. The van der Waals surface area contributed by atoms with Gasteiger partial charge in [-0.25, -0.2) is 19.9 Å². The lowest BCUT2D eigenvalue weighted by molar-refractivity contribution is 0.904. The van der Waals surface area contributed by atoms with Gasteiger partial charge in [-0.2, -0.15) is 0 Å². The molecule has 7 heteroatoms. The van der Waals surface area contributed by atoms with Crippen LogP contribution in [0.2, 0.25) is 0 Å². The topological polar surface area (TPSA) is 101 Å².